The van der Waals surface area contributed by atoms with E-state index in [9.17, 15) is 4.79 Å². The molecule has 0 atom stereocenters. The van der Waals surface area contributed by atoms with Crippen molar-refractivity contribution in [2.45, 2.75) is 26.7 Å². The summed E-state index contributed by atoms with van der Waals surface area (Å²) in [7, 11) is 4.82. The van der Waals surface area contributed by atoms with Crippen LogP contribution < -0.4 is 14.2 Å². The Morgan fingerprint density at radius 3 is 2.17 bits per heavy atom. The van der Waals surface area contributed by atoms with Crippen molar-refractivity contribution in [1.82, 2.24) is 0 Å². The molecule has 0 saturated heterocycles. The summed E-state index contributed by atoms with van der Waals surface area (Å²) in [6.07, 6.45) is 1.07. The van der Waals surface area contributed by atoms with Gasteiger partial charge in [0.25, 0.3) is 0 Å². The van der Waals surface area contributed by atoms with Crippen molar-refractivity contribution in [2.75, 3.05) is 21.3 Å². The van der Waals surface area contributed by atoms with Gasteiger partial charge in [-0.15, -0.1) is 0 Å². The fourth-order valence-corrected chi connectivity index (χ4v) is 1.97. The Morgan fingerprint density at radius 1 is 1.11 bits per heavy atom. The largest absolute Gasteiger partial charge is 0.496 e. The quantitative estimate of drug-likeness (QED) is 0.780. The van der Waals surface area contributed by atoms with Crippen LogP contribution in [0.4, 0.5) is 0 Å². The number of rotatable bonds is 6. The monoisotopic (exact) mass is 252 g/mol. The van der Waals surface area contributed by atoms with Crippen LogP contribution in [0.5, 0.6) is 17.2 Å². The summed E-state index contributed by atoms with van der Waals surface area (Å²) in [5.41, 5.74) is 1.83. The molecular formula is C14H20O4. The summed E-state index contributed by atoms with van der Waals surface area (Å²) in [6.45, 7) is 3.50. The maximum absolute atomic E-state index is 11.1. The summed E-state index contributed by atoms with van der Waals surface area (Å²) < 4.78 is 16.1. The SMILES string of the molecule is COc1cc(OC)c(CCC(C)=O)c(OC)c1C. The van der Waals surface area contributed by atoms with Crippen molar-refractivity contribution < 1.29 is 19.0 Å². The van der Waals surface area contributed by atoms with E-state index in [-0.39, 0.29) is 5.78 Å². The van der Waals surface area contributed by atoms with E-state index in [0.717, 1.165) is 22.6 Å². The van der Waals surface area contributed by atoms with Crippen molar-refractivity contribution in [3.63, 3.8) is 0 Å². The molecule has 4 nitrogen and oxygen atoms in total. The summed E-state index contributed by atoms with van der Waals surface area (Å²) in [5, 5.41) is 0. The number of ether oxygens (including phenoxy) is 3. The van der Waals surface area contributed by atoms with Crippen LogP contribution in [0.2, 0.25) is 0 Å². The van der Waals surface area contributed by atoms with Gasteiger partial charge in [0.05, 0.1) is 21.3 Å². The van der Waals surface area contributed by atoms with E-state index < -0.39 is 0 Å². The van der Waals surface area contributed by atoms with Crippen LogP contribution in [-0.2, 0) is 11.2 Å². The van der Waals surface area contributed by atoms with Crippen LogP contribution in [0.1, 0.15) is 24.5 Å². The average Bonchev–Trinajstić information content (AvgIpc) is 2.36. The molecule has 0 fully saturated rings. The molecule has 0 N–H and O–H groups in total. The van der Waals surface area contributed by atoms with Crippen LogP contribution >= 0.6 is 0 Å². The molecule has 4 heteroatoms. The van der Waals surface area contributed by atoms with Gasteiger partial charge in [0.2, 0.25) is 0 Å². The van der Waals surface area contributed by atoms with Gasteiger partial charge < -0.3 is 19.0 Å². The van der Waals surface area contributed by atoms with Crippen molar-refractivity contribution in [3.8, 4) is 17.2 Å². The van der Waals surface area contributed by atoms with E-state index >= 15 is 0 Å². The molecule has 1 aromatic rings. The number of carbonyl (C=O) groups excluding carboxylic acids is 1. The lowest BCUT2D eigenvalue weighted by molar-refractivity contribution is -0.116. The molecule has 18 heavy (non-hydrogen) atoms. The first-order chi connectivity index (χ1) is 8.54. The molecule has 0 aliphatic rings. The summed E-state index contributed by atoms with van der Waals surface area (Å²) in [5.74, 6) is 2.28. The van der Waals surface area contributed by atoms with Gasteiger partial charge in [0, 0.05) is 23.6 Å². The first-order valence-corrected chi connectivity index (χ1v) is 5.83. The Labute approximate surface area is 108 Å². The predicted octanol–water partition coefficient (Wildman–Crippen LogP) is 2.54. The second-order valence-electron chi connectivity index (χ2n) is 4.12. The highest BCUT2D eigenvalue weighted by atomic mass is 16.5. The van der Waals surface area contributed by atoms with Gasteiger partial charge in [-0.2, -0.15) is 0 Å². The van der Waals surface area contributed by atoms with Gasteiger partial charge in [-0.1, -0.05) is 0 Å². The zero-order valence-electron chi connectivity index (χ0n) is 11.6. The molecule has 0 aromatic heterocycles. The smallest absolute Gasteiger partial charge is 0.132 e. The molecule has 100 valence electrons. The molecule has 0 heterocycles. The molecule has 0 aliphatic carbocycles. The minimum absolute atomic E-state index is 0.146. The van der Waals surface area contributed by atoms with Gasteiger partial charge in [0.1, 0.15) is 23.0 Å². The zero-order valence-corrected chi connectivity index (χ0v) is 11.6. The fraction of sp³-hybridized carbons (Fsp3) is 0.500. The first-order valence-electron chi connectivity index (χ1n) is 5.83. The van der Waals surface area contributed by atoms with Gasteiger partial charge >= 0.3 is 0 Å². The Balaban J connectivity index is 3.27. The molecule has 0 saturated carbocycles. The molecule has 1 rings (SSSR count). The molecule has 0 radical (unpaired) electrons. The number of Topliss-reactive ketones (excluding diaryl/α,β-unsaturated/α-hetero) is 1. The van der Waals surface area contributed by atoms with Crippen molar-refractivity contribution in [2.24, 2.45) is 0 Å². The normalized spacial score (nSPS) is 10.1. The van der Waals surface area contributed by atoms with E-state index in [1.165, 1.54) is 0 Å². The Morgan fingerprint density at radius 2 is 1.72 bits per heavy atom. The first kappa shape index (κ1) is 14.4. The highest BCUT2D eigenvalue weighted by molar-refractivity contribution is 5.76. The average molecular weight is 252 g/mol. The third-order valence-corrected chi connectivity index (χ3v) is 2.91. The molecule has 0 bridgehead atoms. The summed E-state index contributed by atoms with van der Waals surface area (Å²) >= 11 is 0. The highest BCUT2D eigenvalue weighted by Crippen LogP contribution is 2.39. The van der Waals surface area contributed by atoms with Crippen LogP contribution in [0, 0.1) is 6.92 Å². The number of carbonyl (C=O) groups is 1. The maximum Gasteiger partial charge on any atom is 0.132 e. The molecule has 0 unspecified atom stereocenters. The number of ketones is 1. The van der Waals surface area contributed by atoms with Crippen LogP contribution in [0.15, 0.2) is 6.07 Å². The molecule has 1 aromatic carbocycles. The lowest BCUT2D eigenvalue weighted by Crippen LogP contribution is -2.03. The van der Waals surface area contributed by atoms with Crippen molar-refractivity contribution in [1.29, 1.82) is 0 Å². The van der Waals surface area contributed by atoms with Gasteiger partial charge in [-0.25, -0.2) is 0 Å². The van der Waals surface area contributed by atoms with Gasteiger partial charge in [0.15, 0.2) is 0 Å². The minimum Gasteiger partial charge on any atom is -0.496 e. The molecule has 0 aliphatic heterocycles. The Hall–Kier alpha value is -1.71. The lowest BCUT2D eigenvalue weighted by Gasteiger charge is -2.17. The van der Waals surface area contributed by atoms with Crippen LogP contribution in [-0.4, -0.2) is 27.1 Å². The molecule has 0 spiro atoms. The third kappa shape index (κ3) is 2.94. The van der Waals surface area contributed by atoms with Crippen LogP contribution in [0.3, 0.4) is 0 Å². The van der Waals surface area contributed by atoms with Gasteiger partial charge in [-0.05, 0) is 20.3 Å². The molecular weight excluding hydrogens is 232 g/mol. The summed E-state index contributed by atoms with van der Waals surface area (Å²) in [4.78, 5) is 11.1. The van der Waals surface area contributed by atoms with E-state index in [2.05, 4.69) is 0 Å². The van der Waals surface area contributed by atoms with Crippen LogP contribution in [0.25, 0.3) is 0 Å². The minimum atomic E-state index is 0.146. The van der Waals surface area contributed by atoms with E-state index in [4.69, 9.17) is 14.2 Å². The third-order valence-electron chi connectivity index (χ3n) is 2.91. The van der Waals surface area contributed by atoms with E-state index in [0.29, 0.717) is 18.6 Å². The zero-order chi connectivity index (χ0) is 13.7. The Bertz CT molecular complexity index is 438. The second-order valence-corrected chi connectivity index (χ2v) is 4.12. The topological polar surface area (TPSA) is 44.8 Å². The van der Waals surface area contributed by atoms with Gasteiger partial charge in [-0.3, -0.25) is 0 Å². The van der Waals surface area contributed by atoms with Crippen molar-refractivity contribution in [3.05, 3.63) is 17.2 Å². The number of methoxy groups -OCH3 is 3. The number of benzene rings is 1. The predicted molar refractivity (Wildman–Crippen MR) is 69.8 cm³/mol. The maximum atomic E-state index is 11.1. The number of hydrogen-bond donors (Lipinski definition) is 0. The Kier molecular flexibility index (Phi) is 5.01. The number of hydrogen-bond acceptors (Lipinski definition) is 4. The van der Waals surface area contributed by atoms with Crippen molar-refractivity contribution >= 4 is 5.78 Å². The lowest BCUT2D eigenvalue weighted by atomic mass is 10.0. The standard InChI is InChI=1S/C14H20O4/c1-9(15)6-7-11-13(17-4)8-12(16-3)10(2)14(11)18-5/h8H,6-7H2,1-5H3. The van der Waals surface area contributed by atoms with E-state index in [1.54, 1.807) is 28.3 Å². The fourth-order valence-electron chi connectivity index (χ4n) is 1.97. The highest BCUT2D eigenvalue weighted by Gasteiger charge is 2.17. The van der Waals surface area contributed by atoms with E-state index in [1.807, 2.05) is 13.0 Å². The summed E-state index contributed by atoms with van der Waals surface area (Å²) in [6, 6.07) is 1.83. The second kappa shape index (κ2) is 6.28. The molecule has 0 amide bonds.